The van der Waals surface area contributed by atoms with Gasteiger partial charge in [0.15, 0.2) is 6.04 Å². The van der Waals surface area contributed by atoms with Gasteiger partial charge in [-0.2, -0.15) is 0 Å². The van der Waals surface area contributed by atoms with Gasteiger partial charge in [-0.3, -0.25) is 0 Å². The Morgan fingerprint density at radius 3 is 2.52 bits per heavy atom. The molecule has 2 aromatic rings. The van der Waals surface area contributed by atoms with Gasteiger partial charge in [-0.05, 0) is 43.7 Å². The molecule has 0 bridgehead atoms. The lowest BCUT2D eigenvalue weighted by atomic mass is 10.2. The number of halogens is 2. The molecule has 2 rings (SSSR count). The van der Waals surface area contributed by atoms with Crippen LogP contribution in [0.2, 0.25) is 10.0 Å². The standard InChI is InChI=1S/C17H19Cl2NO2S/c1-3-5-14-6-7-15(23-14)16(17(21)22-4-2)20-13-9-11(18)8-12(19)10-13/h6-10,16,20H,3-5H2,1-2H3. The first kappa shape index (κ1) is 18.1. The van der Waals surface area contributed by atoms with E-state index in [2.05, 4.69) is 18.3 Å². The van der Waals surface area contributed by atoms with E-state index in [1.165, 1.54) is 4.88 Å². The number of hydrogen-bond donors (Lipinski definition) is 1. The summed E-state index contributed by atoms with van der Waals surface area (Å²) < 4.78 is 5.20. The summed E-state index contributed by atoms with van der Waals surface area (Å²) in [6.07, 6.45) is 2.07. The van der Waals surface area contributed by atoms with E-state index >= 15 is 0 Å². The zero-order valence-electron chi connectivity index (χ0n) is 13.1. The third kappa shape index (κ3) is 5.13. The summed E-state index contributed by atoms with van der Waals surface area (Å²) in [6.45, 7) is 4.26. The van der Waals surface area contributed by atoms with Crippen molar-refractivity contribution in [2.45, 2.75) is 32.7 Å². The molecule has 1 aromatic carbocycles. The maximum absolute atomic E-state index is 12.3. The van der Waals surface area contributed by atoms with E-state index in [1.807, 2.05) is 6.07 Å². The molecule has 0 spiro atoms. The average molecular weight is 372 g/mol. The lowest BCUT2D eigenvalue weighted by Crippen LogP contribution is -2.22. The van der Waals surface area contributed by atoms with E-state index in [4.69, 9.17) is 27.9 Å². The molecule has 0 aliphatic heterocycles. The molecular formula is C17H19Cl2NO2S. The molecule has 0 fully saturated rings. The van der Waals surface area contributed by atoms with Gasteiger partial charge in [-0.25, -0.2) is 4.79 Å². The van der Waals surface area contributed by atoms with Crippen LogP contribution in [-0.2, 0) is 16.0 Å². The van der Waals surface area contributed by atoms with Crippen LogP contribution >= 0.6 is 34.5 Å². The van der Waals surface area contributed by atoms with E-state index in [0.717, 1.165) is 17.7 Å². The molecule has 0 saturated carbocycles. The molecule has 1 N–H and O–H groups in total. The van der Waals surface area contributed by atoms with Crippen molar-refractivity contribution in [3.63, 3.8) is 0 Å². The Bertz CT molecular complexity index is 652. The van der Waals surface area contributed by atoms with Crippen LogP contribution in [0, 0.1) is 0 Å². The normalized spacial score (nSPS) is 12.0. The smallest absolute Gasteiger partial charge is 0.334 e. The molecule has 0 amide bonds. The van der Waals surface area contributed by atoms with Gasteiger partial charge in [0.2, 0.25) is 0 Å². The van der Waals surface area contributed by atoms with Crippen LogP contribution < -0.4 is 5.32 Å². The monoisotopic (exact) mass is 371 g/mol. The SMILES string of the molecule is CCCc1ccc(C(Nc2cc(Cl)cc(Cl)c2)C(=O)OCC)s1. The number of ether oxygens (including phenoxy) is 1. The molecule has 1 heterocycles. The first-order valence-corrected chi connectivity index (χ1v) is 9.08. The van der Waals surface area contributed by atoms with Crippen molar-refractivity contribution < 1.29 is 9.53 Å². The number of aryl methyl sites for hydroxylation is 1. The minimum absolute atomic E-state index is 0.312. The van der Waals surface area contributed by atoms with E-state index in [1.54, 1.807) is 36.5 Å². The summed E-state index contributed by atoms with van der Waals surface area (Å²) in [5.74, 6) is -0.312. The van der Waals surface area contributed by atoms with Crippen LogP contribution in [0.15, 0.2) is 30.3 Å². The highest BCUT2D eigenvalue weighted by atomic mass is 35.5. The van der Waals surface area contributed by atoms with Gasteiger partial charge in [0, 0.05) is 25.5 Å². The van der Waals surface area contributed by atoms with Gasteiger partial charge >= 0.3 is 5.97 Å². The number of nitrogens with one attached hydrogen (secondary N) is 1. The first-order valence-electron chi connectivity index (χ1n) is 7.51. The van der Waals surface area contributed by atoms with Crippen LogP contribution in [0.25, 0.3) is 0 Å². The fourth-order valence-corrected chi connectivity index (χ4v) is 3.89. The van der Waals surface area contributed by atoms with E-state index in [0.29, 0.717) is 22.3 Å². The second kappa shape index (κ2) is 8.57. The minimum Gasteiger partial charge on any atom is -0.464 e. The molecule has 0 aliphatic rings. The second-order valence-corrected chi connectivity index (χ2v) is 7.11. The molecule has 1 atom stereocenters. The number of carbonyl (C=O) groups is 1. The molecule has 3 nitrogen and oxygen atoms in total. The third-order valence-corrected chi connectivity index (χ3v) is 4.81. The molecule has 1 unspecified atom stereocenters. The molecule has 1 aromatic heterocycles. The number of thiophene rings is 1. The van der Waals surface area contributed by atoms with Gasteiger partial charge in [0.1, 0.15) is 0 Å². The predicted molar refractivity (Wildman–Crippen MR) is 97.8 cm³/mol. The van der Waals surface area contributed by atoms with E-state index < -0.39 is 6.04 Å². The lowest BCUT2D eigenvalue weighted by Gasteiger charge is -2.17. The molecule has 23 heavy (non-hydrogen) atoms. The summed E-state index contributed by atoms with van der Waals surface area (Å²) in [4.78, 5) is 14.5. The van der Waals surface area contributed by atoms with Gasteiger partial charge in [-0.15, -0.1) is 11.3 Å². The summed E-state index contributed by atoms with van der Waals surface area (Å²) >= 11 is 13.7. The Balaban J connectivity index is 2.27. The molecule has 124 valence electrons. The largest absolute Gasteiger partial charge is 0.464 e. The van der Waals surface area contributed by atoms with Crippen molar-refractivity contribution in [1.29, 1.82) is 0 Å². The summed E-state index contributed by atoms with van der Waals surface area (Å²) in [5, 5.41) is 4.21. The van der Waals surface area contributed by atoms with Crippen molar-refractivity contribution in [2.75, 3.05) is 11.9 Å². The number of anilines is 1. The average Bonchev–Trinajstić information content (AvgIpc) is 2.92. The van der Waals surface area contributed by atoms with Crippen molar-refractivity contribution in [3.05, 3.63) is 50.1 Å². The summed E-state index contributed by atoms with van der Waals surface area (Å²) in [5.41, 5.74) is 0.686. The van der Waals surface area contributed by atoms with Crippen LogP contribution in [-0.4, -0.2) is 12.6 Å². The van der Waals surface area contributed by atoms with Crippen LogP contribution in [0.5, 0.6) is 0 Å². The van der Waals surface area contributed by atoms with E-state index in [9.17, 15) is 4.79 Å². The second-order valence-electron chi connectivity index (χ2n) is 5.04. The quantitative estimate of drug-likeness (QED) is 0.632. The lowest BCUT2D eigenvalue weighted by molar-refractivity contribution is -0.144. The third-order valence-electron chi connectivity index (χ3n) is 3.16. The Labute approximate surface area is 150 Å². The maximum atomic E-state index is 12.3. The highest BCUT2D eigenvalue weighted by Gasteiger charge is 2.24. The van der Waals surface area contributed by atoms with Gasteiger partial charge in [-0.1, -0.05) is 36.5 Å². The highest BCUT2D eigenvalue weighted by molar-refractivity contribution is 7.12. The summed E-state index contributed by atoms with van der Waals surface area (Å²) in [6, 6.07) is 8.58. The zero-order chi connectivity index (χ0) is 16.8. The van der Waals surface area contributed by atoms with Crippen LogP contribution in [0.1, 0.15) is 36.1 Å². The van der Waals surface area contributed by atoms with Gasteiger partial charge in [0.25, 0.3) is 0 Å². The number of benzene rings is 1. The topological polar surface area (TPSA) is 38.3 Å². The minimum atomic E-state index is -0.569. The number of esters is 1. The van der Waals surface area contributed by atoms with Crippen LogP contribution in [0.3, 0.4) is 0 Å². The number of hydrogen-bond acceptors (Lipinski definition) is 4. The van der Waals surface area contributed by atoms with Crippen molar-refractivity contribution in [3.8, 4) is 0 Å². The molecule has 0 radical (unpaired) electrons. The Morgan fingerprint density at radius 1 is 1.22 bits per heavy atom. The maximum Gasteiger partial charge on any atom is 0.334 e. The molecule has 0 saturated heterocycles. The highest BCUT2D eigenvalue weighted by Crippen LogP contribution is 2.30. The Hall–Kier alpha value is -1.23. The van der Waals surface area contributed by atoms with Gasteiger partial charge in [0.05, 0.1) is 6.61 Å². The predicted octanol–water partition coefficient (Wildman–Crippen LogP) is 5.72. The van der Waals surface area contributed by atoms with Crippen molar-refractivity contribution >= 4 is 46.2 Å². The number of carbonyl (C=O) groups excluding carboxylic acids is 1. The van der Waals surface area contributed by atoms with Crippen molar-refractivity contribution in [2.24, 2.45) is 0 Å². The van der Waals surface area contributed by atoms with E-state index in [-0.39, 0.29) is 5.97 Å². The summed E-state index contributed by atoms with van der Waals surface area (Å²) in [7, 11) is 0. The fourth-order valence-electron chi connectivity index (χ4n) is 2.21. The number of rotatable bonds is 7. The van der Waals surface area contributed by atoms with Crippen molar-refractivity contribution in [1.82, 2.24) is 0 Å². The zero-order valence-corrected chi connectivity index (χ0v) is 15.4. The van der Waals surface area contributed by atoms with Crippen LogP contribution in [0.4, 0.5) is 5.69 Å². The molecule has 0 aliphatic carbocycles. The molecule has 6 heteroatoms. The van der Waals surface area contributed by atoms with Gasteiger partial charge < -0.3 is 10.1 Å². The Morgan fingerprint density at radius 2 is 1.91 bits per heavy atom. The fraction of sp³-hybridized carbons (Fsp3) is 0.353. The first-order chi connectivity index (χ1) is 11.0. The Kier molecular flexibility index (Phi) is 6.75. The molecular weight excluding hydrogens is 353 g/mol.